The molecule has 0 heterocycles. The third kappa shape index (κ3) is 8.85. The van der Waals surface area contributed by atoms with Crippen LogP contribution in [-0.4, -0.2) is 35.6 Å². The second-order valence-corrected chi connectivity index (χ2v) is 8.76. The van der Waals surface area contributed by atoms with Crippen molar-refractivity contribution >= 4 is 11.8 Å². The van der Waals surface area contributed by atoms with Gasteiger partial charge in [0.25, 0.3) is 0 Å². The first-order valence-corrected chi connectivity index (χ1v) is 11.8. The molecule has 0 saturated carbocycles. The lowest BCUT2D eigenvalue weighted by molar-refractivity contribution is -0.274. The number of carbonyl (C=O) groups is 1. The molecule has 1 N–H and O–H groups in total. The van der Waals surface area contributed by atoms with Gasteiger partial charge in [-0.05, 0) is 61.7 Å². The highest BCUT2D eigenvalue weighted by Gasteiger charge is 2.38. The number of hydrogen-bond donors (Lipinski definition) is 1. The summed E-state index contributed by atoms with van der Waals surface area (Å²) in [6.07, 6.45) is -15.8. The highest BCUT2D eigenvalue weighted by atomic mass is 19.4. The van der Waals surface area contributed by atoms with Crippen molar-refractivity contribution in [3.8, 4) is 5.75 Å². The Kier molecular flexibility index (Phi) is 10.0. The third-order valence-corrected chi connectivity index (χ3v) is 5.72. The zero-order valence-corrected chi connectivity index (χ0v) is 21.1. The number of halogens is 9. The lowest BCUT2D eigenvalue weighted by Gasteiger charge is -2.33. The van der Waals surface area contributed by atoms with Gasteiger partial charge in [-0.15, -0.1) is 13.2 Å². The molecule has 0 saturated heterocycles. The van der Waals surface area contributed by atoms with Gasteiger partial charge in [0.15, 0.2) is 0 Å². The SMILES string of the molecule is CCCN(CCC)c1ccc(OC(F)(F)F)cc1C(C)N(Cc1cc(C(F)(F)F)cc(C(F)(F)F)c1)C(=O)O. The van der Waals surface area contributed by atoms with E-state index in [0.717, 1.165) is 12.1 Å². The van der Waals surface area contributed by atoms with E-state index in [1.165, 1.54) is 13.0 Å². The van der Waals surface area contributed by atoms with Crippen LogP contribution in [0.1, 0.15) is 61.9 Å². The van der Waals surface area contributed by atoms with Crippen LogP contribution in [0.3, 0.4) is 0 Å². The molecule has 2 rings (SSSR count). The monoisotopic (exact) mass is 574 g/mol. The first-order valence-electron chi connectivity index (χ1n) is 11.8. The van der Waals surface area contributed by atoms with Crippen LogP contribution in [0.5, 0.6) is 5.75 Å². The number of anilines is 1. The molecule has 218 valence electrons. The fourth-order valence-electron chi connectivity index (χ4n) is 4.09. The molecule has 0 aliphatic heterocycles. The Morgan fingerprint density at radius 2 is 1.38 bits per heavy atom. The predicted octanol–water partition coefficient (Wildman–Crippen LogP) is 8.49. The molecule has 0 aliphatic carbocycles. The molecule has 0 bridgehead atoms. The Morgan fingerprint density at radius 3 is 1.79 bits per heavy atom. The normalized spacial score (nSPS) is 13.2. The highest BCUT2D eigenvalue weighted by molar-refractivity contribution is 5.67. The number of carboxylic acid groups (broad SMARTS) is 1. The lowest BCUT2D eigenvalue weighted by Crippen LogP contribution is -2.34. The fraction of sp³-hybridized carbons (Fsp3) is 0.480. The van der Waals surface area contributed by atoms with Crippen molar-refractivity contribution < 1.29 is 54.2 Å². The molecule has 0 spiro atoms. The molecular formula is C25H27F9N2O3. The molecule has 5 nitrogen and oxygen atoms in total. The summed E-state index contributed by atoms with van der Waals surface area (Å²) in [7, 11) is 0. The van der Waals surface area contributed by atoms with Crippen LogP contribution in [0.4, 0.5) is 50.0 Å². The number of hydrogen-bond acceptors (Lipinski definition) is 3. The number of ether oxygens (including phenoxy) is 1. The maximum absolute atomic E-state index is 13.3. The van der Waals surface area contributed by atoms with Crippen LogP contribution in [0, 0.1) is 0 Å². The van der Waals surface area contributed by atoms with E-state index in [0.29, 0.717) is 48.7 Å². The zero-order valence-electron chi connectivity index (χ0n) is 21.1. The van der Waals surface area contributed by atoms with E-state index in [1.54, 1.807) is 4.90 Å². The highest BCUT2D eigenvalue weighted by Crippen LogP contribution is 2.39. The Bertz CT molecular complexity index is 1090. The maximum atomic E-state index is 13.3. The molecule has 0 aromatic heterocycles. The molecule has 1 amide bonds. The van der Waals surface area contributed by atoms with Gasteiger partial charge in [-0.2, -0.15) is 26.3 Å². The van der Waals surface area contributed by atoms with Gasteiger partial charge in [0.2, 0.25) is 0 Å². The van der Waals surface area contributed by atoms with E-state index in [9.17, 15) is 49.4 Å². The van der Waals surface area contributed by atoms with Crippen LogP contribution in [-0.2, 0) is 18.9 Å². The second kappa shape index (κ2) is 12.2. The summed E-state index contributed by atoms with van der Waals surface area (Å²) in [6, 6.07) is 2.76. The summed E-state index contributed by atoms with van der Waals surface area (Å²) in [5, 5.41) is 9.87. The van der Waals surface area contributed by atoms with E-state index in [2.05, 4.69) is 4.74 Å². The van der Waals surface area contributed by atoms with Gasteiger partial charge in [-0.3, -0.25) is 4.90 Å². The van der Waals surface area contributed by atoms with Gasteiger partial charge < -0.3 is 14.7 Å². The average molecular weight is 574 g/mol. The van der Waals surface area contributed by atoms with Gasteiger partial charge in [0.05, 0.1) is 17.2 Å². The molecule has 1 unspecified atom stereocenters. The Balaban J connectivity index is 2.65. The van der Waals surface area contributed by atoms with Gasteiger partial charge in [0, 0.05) is 30.9 Å². The first kappa shape index (κ1) is 31.9. The summed E-state index contributed by atoms with van der Waals surface area (Å²) in [6.45, 7) is 4.96. The number of alkyl halides is 9. The number of nitrogens with zero attached hydrogens (tertiary/aromatic N) is 2. The zero-order chi connectivity index (χ0) is 29.8. The molecule has 39 heavy (non-hydrogen) atoms. The molecule has 0 aliphatic rings. The third-order valence-electron chi connectivity index (χ3n) is 5.72. The van der Waals surface area contributed by atoms with E-state index in [1.807, 2.05) is 13.8 Å². The molecule has 14 heteroatoms. The van der Waals surface area contributed by atoms with Gasteiger partial charge >= 0.3 is 24.8 Å². The van der Waals surface area contributed by atoms with Crippen molar-refractivity contribution in [1.82, 2.24) is 4.90 Å². The van der Waals surface area contributed by atoms with Crippen molar-refractivity contribution in [1.29, 1.82) is 0 Å². The fourth-order valence-corrected chi connectivity index (χ4v) is 4.09. The van der Waals surface area contributed by atoms with Crippen molar-refractivity contribution in [3.63, 3.8) is 0 Å². The van der Waals surface area contributed by atoms with Crippen LogP contribution >= 0.6 is 0 Å². The maximum Gasteiger partial charge on any atom is 0.573 e. The van der Waals surface area contributed by atoms with Crippen molar-refractivity contribution in [2.24, 2.45) is 0 Å². The molecular weight excluding hydrogens is 547 g/mol. The lowest BCUT2D eigenvalue weighted by atomic mass is 10.0. The summed E-state index contributed by atoms with van der Waals surface area (Å²) in [5.74, 6) is -0.662. The summed E-state index contributed by atoms with van der Waals surface area (Å²) >= 11 is 0. The van der Waals surface area contributed by atoms with Crippen molar-refractivity contribution in [2.75, 3.05) is 18.0 Å². The molecule has 2 aromatic carbocycles. The molecule has 2 aromatic rings. The number of amides is 1. The quantitative estimate of drug-likeness (QED) is 0.289. The largest absolute Gasteiger partial charge is 0.573 e. The summed E-state index contributed by atoms with van der Waals surface area (Å²) < 4.78 is 123. The number of benzene rings is 2. The van der Waals surface area contributed by atoms with Crippen LogP contribution in [0.15, 0.2) is 36.4 Å². The Hall–Kier alpha value is -3.32. The first-order chi connectivity index (χ1) is 17.9. The summed E-state index contributed by atoms with van der Waals surface area (Å²) in [4.78, 5) is 14.5. The van der Waals surface area contributed by atoms with Crippen molar-refractivity contribution in [3.05, 3.63) is 58.7 Å². The van der Waals surface area contributed by atoms with Gasteiger partial charge in [-0.1, -0.05) is 13.8 Å². The van der Waals surface area contributed by atoms with Gasteiger partial charge in [-0.25, -0.2) is 4.79 Å². The smallest absolute Gasteiger partial charge is 0.465 e. The van der Waals surface area contributed by atoms with Crippen LogP contribution in [0.25, 0.3) is 0 Å². The molecule has 0 radical (unpaired) electrons. The Morgan fingerprint density at radius 1 is 0.872 bits per heavy atom. The van der Waals surface area contributed by atoms with Gasteiger partial charge in [0.1, 0.15) is 5.75 Å². The van der Waals surface area contributed by atoms with Crippen molar-refractivity contribution in [2.45, 2.75) is 64.9 Å². The van der Waals surface area contributed by atoms with E-state index >= 15 is 0 Å². The average Bonchev–Trinajstić information content (AvgIpc) is 2.79. The van der Waals surface area contributed by atoms with E-state index in [4.69, 9.17) is 0 Å². The summed E-state index contributed by atoms with van der Waals surface area (Å²) in [5.41, 5.74) is -3.46. The Labute approximate surface area is 218 Å². The van der Waals surface area contributed by atoms with E-state index < -0.39 is 59.8 Å². The standard InChI is InChI=1S/C25H27F9N2O3/c1-4-8-35(9-5-2)21-7-6-19(39-25(32,33)34)13-20(21)15(3)36(22(37)38)14-16-10-17(23(26,27)28)12-18(11-16)24(29,30)31/h6-7,10-13,15H,4-5,8-9,14H2,1-3H3,(H,37,38). The van der Waals surface area contributed by atoms with Crippen LogP contribution in [0.2, 0.25) is 0 Å². The van der Waals surface area contributed by atoms with E-state index in [-0.39, 0.29) is 11.6 Å². The molecule has 1 atom stereocenters. The minimum absolute atomic E-state index is 0.0315. The minimum atomic E-state index is -5.15. The van der Waals surface area contributed by atoms with Crippen LogP contribution < -0.4 is 9.64 Å². The topological polar surface area (TPSA) is 53.0 Å². The minimum Gasteiger partial charge on any atom is -0.465 e. The number of rotatable bonds is 10. The predicted molar refractivity (Wildman–Crippen MR) is 124 cm³/mol. The second-order valence-electron chi connectivity index (χ2n) is 8.76. The molecule has 0 fully saturated rings.